The van der Waals surface area contributed by atoms with Crippen molar-refractivity contribution >= 4 is 21.9 Å². The zero-order valence-corrected chi connectivity index (χ0v) is 16.8. The molecule has 2 rings (SSSR count). The number of nitrogens with zero attached hydrogens (tertiary/aromatic N) is 2. The lowest BCUT2D eigenvalue weighted by Gasteiger charge is -2.23. The van der Waals surface area contributed by atoms with Crippen molar-refractivity contribution in [2.24, 2.45) is 0 Å². The largest absolute Gasteiger partial charge is 0.480 e. The van der Waals surface area contributed by atoms with E-state index in [2.05, 4.69) is 0 Å². The van der Waals surface area contributed by atoms with E-state index in [9.17, 15) is 23.1 Å². The molecule has 1 aliphatic rings. The van der Waals surface area contributed by atoms with Crippen LogP contribution in [-0.2, 0) is 19.6 Å². The predicted molar refractivity (Wildman–Crippen MR) is 99.2 cm³/mol. The molecular formula is C18H26N2O6S. The van der Waals surface area contributed by atoms with Gasteiger partial charge in [0.05, 0.1) is 11.0 Å². The lowest BCUT2D eigenvalue weighted by atomic mass is 10.1. The maximum absolute atomic E-state index is 13.0. The minimum Gasteiger partial charge on any atom is -0.480 e. The van der Waals surface area contributed by atoms with Gasteiger partial charge in [-0.05, 0) is 24.6 Å². The van der Waals surface area contributed by atoms with Crippen LogP contribution < -0.4 is 0 Å². The molecule has 150 valence electrons. The van der Waals surface area contributed by atoms with E-state index in [1.165, 1.54) is 28.4 Å². The summed E-state index contributed by atoms with van der Waals surface area (Å²) in [6.45, 7) is 5.97. The van der Waals surface area contributed by atoms with Crippen molar-refractivity contribution in [2.45, 2.75) is 44.2 Å². The molecule has 9 heteroatoms. The molecule has 1 aliphatic heterocycles. The van der Waals surface area contributed by atoms with Crippen LogP contribution in [0.5, 0.6) is 0 Å². The van der Waals surface area contributed by atoms with Crippen LogP contribution in [0, 0.1) is 6.92 Å². The number of amides is 1. The summed E-state index contributed by atoms with van der Waals surface area (Å²) in [5.41, 5.74) is 0.773. The summed E-state index contributed by atoms with van der Waals surface area (Å²) in [5.74, 6) is -1.61. The van der Waals surface area contributed by atoms with Crippen LogP contribution in [0.2, 0.25) is 0 Å². The molecule has 0 saturated carbocycles. The Hall–Kier alpha value is -1.97. The highest BCUT2D eigenvalue weighted by molar-refractivity contribution is 7.89. The molecule has 1 fully saturated rings. The third kappa shape index (κ3) is 4.15. The molecule has 0 aromatic heterocycles. The van der Waals surface area contributed by atoms with Crippen molar-refractivity contribution in [3.63, 3.8) is 0 Å². The van der Waals surface area contributed by atoms with Crippen LogP contribution in [0.4, 0.5) is 0 Å². The molecule has 0 aliphatic carbocycles. The molecule has 1 aromatic carbocycles. The van der Waals surface area contributed by atoms with E-state index >= 15 is 0 Å². The summed E-state index contributed by atoms with van der Waals surface area (Å²) < 4.78 is 32.0. The number of ether oxygens (including phenoxy) is 1. The first-order chi connectivity index (χ1) is 12.7. The number of hydrogen-bond acceptors (Lipinski definition) is 5. The standard InChI is InChI=1S/C18H26N2O6S/c1-5-19(6-2)27(24,25)14-8-7-12(3)15(10-14)17(21)20-11-13(26-4)9-16(20)18(22)23/h7-8,10,13,16H,5-6,9,11H2,1-4H3,(H,22,23). The average Bonchev–Trinajstić information content (AvgIpc) is 3.07. The summed E-state index contributed by atoms with van der Waals surface area (Å²) in [5, 5.41) is 9.43. The van der Waals surface area contributed by atoms with Crippen molar-refractivity contribution in [2.75, 3.05) is 26.7 Å². The van der Waals surface area contributed by atoms with E-state index < -0.39 is 27.9 Å². The van der Waals surface area contributed by atoms with Crippen LogP contribution >= 0.6 is 0 Å². The maximum Gasteiger partial charge on any atom is 0.326 e. The van der Waals surface area contributed by atoms with E-state index in [0.29, 0.717) is 18.7 Å². The van der Waals surface area contributed by atoms with Gasteiger partial charge in [-0.3, -0.25) is 4.79 Å². The number of carboxylic acid groups (broad SMARTS) is 1. The Labute approximate surface area is 159 Å². The third-order valence-corrected chi connectivity index (χ3v) is 6.97. The van der Waals surface area contributed by atoms with Crippen LogP contribution in [-0.4, -0.2) is 73.5 Å². The van der Waals surface area contributed by atoms with Gasteiger partial charge in [0.15, 0.2) is 0 Å². The fourth-order valence-electron chi connectivity index (χ4n) is 3.29. The Morgan fingerprint density at radius 1 is 1.30 bits per heavy atom. The molecule has 1 heterocycles. The number of carbonyl (C=O) groups is 2. The number of likely N-dealkylation sites (tertiary alicyclic amines) is 1. The third-order valence-electron chi connectivity index (χ3n) is 4.92. The van der Waals surface area contributed by atoms with Crippen LogP contribution in [0.1, 0.15) is 36.2 Å². The summed E-state index contributed by atoms with van der Waals surface area (Å²) >= 11 is 0. The second-order valence-corrected chi connectivity index (χ2v) is 8.41. The fourth-order valence-corrected chi connectivity index (χ4v) is 4.77. The van der Waals surface area contributed by atoms with Gasteiger partial charge in [0.25, 0.3) is 5.91 Å². The highest BCUT2D eigenvalue weighted by Gasteiger charge is 2.40. The zero-order chi connectivity index (χ0) is 20.4. The van der Waals surface area contributed by atoms with Crippen molar-refractivity contribution in [1.82, 2.24) is 9.21 Å². The highest BCUT2D eigenvalue weighted by Crippen LogP contribution is 2.26. The monoisotopic (exact) mass is 398 g/mol. The number of sulfonamides is 1. The molecular weight excluding hydrogens is 372 g/mol. The molecule has 0 radical (unpaired) electrons. The average molecular weight is 398 g/mol. The normalized spacial score (nSPS) is 20.3. The number of aliphatic carboxylic acids is 1. The number of benzene rings is 1. The van der Waals surface area contributed by atoms with E-state index in [0.717, 1.165) is 0 Å². The van der Waals surface area contributed by atoms with E-state index in [4.69, 9.17) is 4.74 Å². The Kier molecular flexibility index (Phi) is 6.61. The van der Waals surface area contributed by atoms with Gasteiger partial charge >= 0.3 is 5.97 Å². The van der Waals surface area contributed by atoms with Crippen molar-refractivity contribution < 1.29 is 27.9 Å². The number of carbonyl (C=O) groups excluding carboxylic acids is 1. The lowest BCUT2D eigenvalue weighted by Crippen LogP contribution is -2.41. The summed E-state index contributed by atoms with van der Waals surface area (Å²) in [4.78, 5) is 25.8. The van der Waals surface area contributed by atoms with Crippen molar-refractivity contribution in [3.8, 4) is 0 Å². The SMILES string of the molecule is CCN(CC)S(=O)(=O)c1ccc(C)c(C(=O)N2CC(OC)CC2C(=O)O)c1. The molecule has 0 bridgehead atoms. The minimum absolute atomic E-state index is 0.0227. The van der Waals surface area contributed by atoms with Gasteiger partial charge < -0.3 is 14.7 Å². The topological polar surface area (TPSA) is 104 Å². The van der Waals surface area contributed by atoms with E-state index in [1.54, 1.807) is 26.8 Å². The van der Waals surface area contributed by atoms with E-state index in [-0.39, 0.29) is 29.5 Å². The van der Waals surface area contributed by atoms with Gasteiger partial charge in [-0.2, -0.15) is 4.31 Å². The zero-order valence-electron chi connectivity index (χ0n) is 16.0. The summed E-state index contributed by atoms with van der Waals surface area (Å²) in [7, 11) is -2.25. The molecule has 1 saturated heterocycles. The smallest absolute Gasteiger partial charge is 0.326 e. The second-order valence-electron chi connectivity index (χ2n) is 6.47. The van der Waals surface area contributed by atoms with Crippen molar-refractivity contribution in [3.05, 3.63) is 29.3 Å². The molecule has 8 nitrogen and oxygen atoms in total. The minimum atomic E-state index is -3.72. The van der Waals surface area contributed by atoms with Gasteiger partial charge in [-0.1, -0.05) is 19.9 Å². The molecule has 27 heavy (non-hydrogen) atoms. The number of carboxylic acids is 1. The predicted octanol–water partition coefficient (Wildman–Crippen LogP) is 1.34. The highest BCUT2D eigenvalue weighted by atomic mass is 32.2. The first kappa shape index (κ1) is 21.3. The second kappa shape index (κ2) is 8.37. The van der Waals surface area contributed by atoms with Gasteiger partial charge in [-0.25, -0.2) is 13.2 Å². The summed E-state index contributed by atoms with van der Waals surface area (Å²) in [6.07, 6.45) is -0.161. The number of methoxy groups -OCH3 is 1. The van der Waals surface area contributed by atoms with Crippen LogP contribution in [0.3, 0.4) is 0 Å². The molecule has 2 unspecified atom stereocenters. The van der Waals surface area contributed by atoms with Gasteiger partial charge in [0.2, 0.25) is 10.0 Å². The first-order valence-electron chi connectivity index (χ1n) is 8.84. The van der Waals surface area contributed by atoms with Crippen molar-refractivity contribution in [1.29, 1.82) is 0 Å². The number of aryl methyl sites for hydroxylation is 1. The number of rotatable bonds is 7. The van der Waals surface area contributed by atoms with Gasteiger partial charge in [0.1, 0.15) is 6.04 Å². The summed E-state index contributed by atoms with van der Waals surface area (Å²) in [6, 6.07) is 3.38. The quantitative estimate of drug-likeness (QED) is 0.743. The Balaban J connectivity index is 2.44. The molecule has 1 N–H and O–H groups in total. The first-order valence-corrected chi connectivity index (χ1v) is 10.3. The van der Waals surface area contributed by atoms with Crippen LogP contribution in [0.15, 0.2) is 23.1 Å². The maximum atomic E-state index is 13.0. The fraction of sp³-hybridized carbons (Fsp3) is 0.556. The van der Waals surface area contributed by atoms with E-state index in [1.807, 2.05) is 0 Å². The van der Waals surface area contributed by atoms with Gasteiger partial charge in [0, 0.05) is 38.7 Å². The Morgan fingerprint density at radius 3 is 2.44 bits per heavy atom. The number of hydrogen-bond donors (Lipinski definition) is 1. The van der Waals surface area contributed by atoms with Gasteiger partial charge in [-0.15, -0.1) is 0 Å². The molecule has 0 spiro atoms. The Bertz CT molecular complexity index is 819. The van der Waals surface area contributed by atoms with Crippen LogP contribution in [0.25, 0.3) is 0 Å². The Morgan fingerprint density at radius 2 is 1.93 bits per heavy atom. The molecule has 1 amide bonds. The lowest BCUT2D eigenvalue weighted by molar-refractivity contribution is -0.141. The molecule has 2 atom stereocenters. The molecule has 1 aromatic rings.